The van der Waals surface area contributed by atoms with Crippen LogP contribution >= 0.6 is 0 Å². The van der Waals surface area contributed by atoms with Crippen LogP contribution in [0.5, 0.6) is 11.5 Å². The van der Waals surface area contributed by atoms with E-state index in [0.29, 0.717) is 36.8 Å². The van der Waals surface area contributed by atoms with Gasteiger partial charge < -0.3 is 20.5 Å². The van der Waals surface area contributed by atoms with Gasteiger partial charge in [0, 0.05) is 17.8 Å². The van der Waals surface area contributed by atoms with Crippen molar-refractivity contribution in [1.82, 2.24) is 0 Å². The van der Waals surface area contributed by atoms with E-state index in [2.05, 4.69) is 5.32 Å². The third-order valence-corrected chi connectivity index (χ3v) is 3.25. The van der Waals surface area contributed by atoms with Crippen LogP contribution in [0.1, 0.15) is 15.9 Å². The Kier molecular flexibility index (Phi) is 3.75. The number of hydrogen-bond donors (Lipinski definition) is 2. The van der Waals surface area contributed by atoms with E-state index in [1.165, 1.54) is 0 Å². The third-order valence-electron chi connectivity index (χ3n) is 3.25. The molecule has 5 nitrogen and oxygen atoms in total. The number of benzene rings is 2. The highest BCUT2D eigenvalue weighted by Gasteiger charge is 2.15. The van der Waals surface area contributed by atoms with Crippen molar-refractivity contribution in [2.75, 3.05) is 18.5 Å². The third kappa shape index (κ3) is 2.98. The van der Waals surface area contributed by atoms with Crippen LogP contribution in [-0.2, 0) is 6.54 Å². The minimum atomic E-state index is -0.188. The Bertz CT molecular complexity index is 653. The first-order valence-electron chi connectivity index (χ1n) is 6.76. The first-order chi connectivity index (χ1) is 10.3. The predicted octanol–water partition coefficient (Wildman–Crippen LogP) is 2.17. The quantitative estimate of drug-likeness (QED) is 0.906. The number of anilines is 1. The van der Waals surface area contributed by atoms with E-state index in [-0.39, 0.29) is 5.91 Å². The summed E-state index contributed by atoms with van der Waals surface area (Å²) in [7, 11) is 0. The summed E-state index contributed by atoms with van der Waals surface area (Å²) in [5.74, 6) is 1.09. The summed E-state index contributed by atoms with van der Waals surface area (Å²) in [6.45, 7) is 1.51. The number of fused-ring (bicyclic) bond motifs is 1. The summed E-state index contributed by atoms with van der Waals surface area (Å²) in [5.41, 5.74) is 7.82. The van der Waals surface area contributed by atoms with Crippen molar-refractivity contribution in [3.8, 4) is 11.5 Å². The smallest absolute Gasteiger partial charge is 0.255 e. The molecule has 1 heterocycles. The number of hydrogen-bond acceptors (Lipinski definition) is 4. The van der Waals surface area contributed by atoms with Crippen LogP contribution in [0.15, 0.2) is 42.5 Å². The fourth-order valence-electron chi connectivity index (χ4n) is 2.11. The minimum absolute atomic E-state index is 0.188. The van der Waals surface area contributed by atoms with Crippen molar-refractivity contribution in [2.45, 2.75) is 6.54 Å². The van der Waals surface area contributed by atoms with Crippen LogP contribution in [0.2, 0.25) is 0 Å². The molecule has 1 aliphatic rings. The first-order valence-corrected chi connectivity index (χ1v) is 6.76. The first kappa shape index (κ1) is 13.5. The number of carbonyl (C=O) groups excluding carboxylic acids is 1. The summed E-state index contributed by atoms with van der Waals surface area (Å²) >= 11 is 0. The molecule has 3 N–H and O–H groups in total. The monoisotopic (exact) mass is 284 g/mol. The second kappa shape index (κ2) is 5.85. The topological polar surface area (TPSA) is 73.6 Å². The van der Waals surface area contributed by atoms with Crippen molar-refractivity contribution in [3.05, 3.63) is 53.6 Å². The molecule has 2 aromatic carbocycles. The van der Waals surface area contributed by atoms with Gasteiger partial charge in [-0.3, -0.25) is 4.79 Å². The molecule has 5 heteroatoms. The highest BCUT2D eigenvalue weighted by molar-refractivity contribution is 6.04. The molecule has 0 atom stereocenters. The fraction of sp³-hybridized carbons (Fsp3) is 0.188. The number of nitrogens with two attached hydrogens (primary N) is 1. The van der Waals surface area contributed by atoms with Crippen LogP contribution in [0.25, 0.3) is 0 Å². The second-order valence-electron chi connectivity index (χ2n) is 4.71. The van der Waals surface area contributed by atoms with E-state index in [0.717, 1.165) is 11.3 Å². The summed E-state index contributed by atoms with van der Waals surface area (Å²) in [6, 6.07) is 12.6. The molecule has 0 spiro atoms. The van der Waals surface area contributed by atoms with Gasteiger partial charge in [0.2, 0.25) is 0 Å². The van der Waals surface area contributed by atoms with Gasteiger partial charge in [0.15, 0.2) is 11.5 Å². The SMILES string of the molecule is NCc1ccc(NC(=O)c2ccc3c(c2)OCCO3)cc1. The average molecular weight is 284 g/mol. The number of carbonyl (C=O) groups is 1. The lowest BCUT2D eigenvalue weighted by Gasteiger charge is -2.18. The highest BCUT2D eigenvalue weighted by Crippen LogP contribution is 2.30. The molecule has 1 amide bonds. The Morgan fingerprint density at radius 3 is 2.48 bits per heavy atom. The second-order valence-corrected chi connectivity index (χ2v) is 4.71. The largest absolute Gasteiger partial charge is 0.486 e. The molecule has 1 aliphatic heterocycles. The van der Waals surface area contributed by atoms with Crippen LogP contribution in [0.3, 0.4) is 0 Å². The Morgan fingerprint density at radius 1 is 1.05 bits per heavy atom. The summed E-state index contributed by atoms with van der Waals surface area (Å²) in [4.78, 5) is 12.2. The Labute approximate surface area is 122 Å². The van der Waals surface area contributed by atoms with Gasteiger partial charge in [-0.1, -0.05) is 12.1 Å². The normalized spacial score (nSPS) is 12.8. The van der Waals surface area contributed by atoms with E-state index in [4.69, 9.17) is 15.2 Å². The lowest BCUT2D eigenvalue weighted by atomic mass is 10.1. The molecule has 108 valence electrons. The zero-order chi connectivity index (χ0) is 14.7. The van der Waals surface area contributed by atoms with Gasteiger partial charge in [0.1, 0.15) is 13.2 Å². The van der Waals surface area contributed by atoms with Crippen LogP contribution in [-0.4, -0.2) is 19.1 Å². The average Bonchev–Trinajstić information content (AvgIpc) is 2.55. The van der Waals surface area contributed by atoms with Crippen molar-refractivity contribution < 1.29 is 14.3 Å². The van der Waals surface area contributed by atoms with Crippen molar-refractivity contribution in [1.29, 1.82) is 0 Å². The molecule has 0 aliphatic carbocycles. The van der Waals surface area contributed by atoms with Gasteiger partial charge in [-0.25, -0.2) is 0 Å². The molecule has 21 heavy (non-hydrogen) atoms. The molecule has 0 fully saturated rings. The van der Waals surface area contributed by atoms with E-state index < -0.39 is 0 Å². The van der Waals surface area contributed by atoms with Crippen LogP contribution in [0.4, 0.5) is 5.69 Å². The van der Waals surface area contributed by atoms with Gasteiger partial charge in [-0.2, -0.15) is 0 Å². The van der Waals surface area contributed by atoms with E-state index in [9.17, 15) is 4.79 Å². The Balaban J connectivity index is 1.75. The zero-order valence-electron chi connectivity index (χ0n) is 11.5. The number of nitrogens with one attached hydrogen (secondary N) is 1. The molecular formula is C16H16N2O3. The maximum absolute atomic E-state index is 12.2. The maximum atomic E-state index is 12.2. The Morgan fingerprint density at radius 2 is 1.76 bits per heavy atom. The molecule has 0 aromatic heterocycles. The van der Waals surface area contributed by atoms with Crippen LogP contribution in [0, 0.1) is 0 Å². The molecule has 3 rings (SSSR count). The summed E-state index contributed by atoms with van der Waals surface area (Å²) in [6.07, 6.45) is 0. The van der Waals surface area contributed by atoms with Crippen molar-refractivity contribution >= 4 is 11.6 Å². The summed E-state index contributed by atoms with van der Waals surface area (Å²) in [5, 5.41) is 2.84. The lowest BCUT2D eigenvalue weighted by Crippen LogP contribution is -2.17. The van der Waals surface area contributed by atoms with Crippen molar-refractivity contribution in [2.24, 2.45) is 5.73 Å². The zero-order valence-corrected chi connectivity index (χ0v) is 11.5. The predicted molar refractivity (Wildman–Crippen MR) is 79.7 cm³/mol. The Hall–Kier alpha value is -2.53. The molecule has 0 saturated carbocycles. The van der Waals surface area contributed by atoms with E-state index in [1.807, 2.05) is 24.3 Å². The maximum Gasteiger partial charge on any atom is 0.255 e. The highest BCUT2D eigenvalue weighted by atomic mass is 16.6. The molecular weight excluding hydrogens is 268 g/mol. The standard InChI is InChI=1S/C16H16N2O3/c17-10-11-1-4-13(5-2-11)18-16(19)12-3-6-14-15(9-12)21-8-7-20-14/h1-6,9H,7-8,10,17H2,(H,18,19). The molecule has 0 bridgehead atoms. The molecule has 0 unspecified atom stereocenters. The minimum Gasteiger partial charge on any atom is -0.486 e. The van der Waals surface area contributed by atoms with Gasteiger partial charge in [0.25, 0.3) is 5.91 Å². The number of rotatable bonds is 3. The summed E-state index contributed by atoms with van der Waals surface area (Å²) < 4.78 is 10.9. The number of amides is 1. The lowest BCUT2D eigenvalue weighted by molar-refractivity contribution is 0.102. The van der Waals surface area contributed by atoms with Crippen LogP contribution < -0.4 is 20.5 Å². The van der Waals surface area contributed by atoms with Gasteiger partial charge in [-0.05, 0) is 35.9 Å². The van der Waals surface area contributed by atoms with Gasteiger partial charge >= 0.3 is 0 Å². The fourth-order valence-corrected chi connectivity index (χ4v) is 2.11. The van der Waals surface area contributed by atoms with E-state index in [1.54, 1.807) is 18.2 Å². The van der Waals surface area contributed by atoms with E-state index >= 15 is 0 Å². The molecule has 0 radical (unpaired) electrons. The molecule has 0 saturated heterocycles. The van der Waals surface area contributed by atoms with Crippen molar-refractivity contribution in [3.63, 3.8) is 0 Å². The number of ether oxygens (including phenoxy) is 2. The van der Waals surface area contributed by atoms with Gasteiger partial charge in [-0.15, -0.1) is 0 Å². The molecule has 2 aromatic rings. The van der Waals surface area contributed by atoms with Gasteiger partial charge in [0.05, 0.1) is 0 Å².